The van der Waals surface area contributed by atoms with E-state index in [1.807, 2.05) is 0 Å². The van der Waals surface area contributed by atoms with Gasteiger partial charge in [-0.3, -0.25) is 4.79 Å². The molecule has 4 nitrogen and oxygen atoms in total. The van der Waals surface area contributed by atoms with E-state index in [0.717, 1.165) is 19.4 Å². The number of hydrogen-bond donors (Lipinski definition) is 2. The van der Waals surface area contributed by atoms with E-state index in [1.54, 1.807) is 6.92 Å². The van der Waals surface area contributed by atoms with Gasteiger partial charge in [0.05, 0.1) is 0 Å². The molecule has 0 bridgehead atoms. The summed E-state index contributed by atoms with van der Waals surface area (Å²) in [7, 11) is 0. The summed E-state index contributed by atoms with van der Waals surface area (Å²) >= 11 is 0. The summed E-state index contributed by atoms with van der Waals surface area (Å²) in [5, 5.41) is 12.0. The Morgan fingerprint density at radius 1 is 1.57 bits per heavy atom. The third-order valence-electron chi connectivity index (χ3n) is 2.60. The van der Waals surface area contributed by atoms with Crippen LogP contribution in [0.4, 0.5) is 0 Å². The molecule has 1 heterocycles. The molecule has 1 saturated heterocycles. The van der Waals surface area contributed by atoms with Gasteiger partial charge in [0.25, 0.3) is 0 Å². The van der Waals surface area contributed by atoms with Crippen molar-refractivity contribution >= 4 is 5.78 Å². The first-order valence-corrected chi connectivity index (χ1v) is 5.17. The van der Waals surface area contributed by atoms with Gasteiger partial charge in [-0.2, -0.15) is 0 Å². The number of carbonyl (C=O) groups is 1. The maximum absolute atomic E-state index is 11.1. The second kappa shape index (κ2) is 6.11. The van der Waals surface area contributed by atoms with Crippen LogP contribution in [0.25, 0.3) is 0 Å². The third-order valence-corrected chi connectivity index (χ3v) is 2.60. The number of rotatable bonds is 3. The number of Topliss-reactive ketones (excluding diaryl/α,β-unsaturated/α-hetero) is 1. The fourth-order valence-electron chi connectivity index (χ4n) is 1.65. The number of carbonyl (C=O) groups excluding carboxylic acids is 1. The van der Waals surface area contributed by atoms with Gasteiger partial charge in [0, 0.05) is 19.8 Å². The molecule has 0 radical (unpaired) electrons. The minimum absolute atomic E-state index is 0.0816. The number of aliphatic hydroxyl groups excluding tert-OH is 1. The van der Waals surface area contributed by atoms with Crippen LogP contribution < -0.4 is 5.32 Å². The molecule has 2 N–H and O–H groups in total. The lowest BCUT2D eigenvalue weighted by molar-refractivity contribution is -0.128. The van der Waals surface area contributed by atoms with Crippen LogP contribution in [0.2, 0.25) is 0 Å². The molecule has 4 heteroatoms. The number of ketones is 1. The predicted molar refractivity (Wildman–Crippen MR) is 53.1 cm³/mol. The van der Waals surface area contributed by atoms with Gasteiger partial charge >= 0.3 is 0 Å². The van der Waals surface area contributed by atoms with Crippen molar-refractivity contribution in [2.24, 2.45) is 5.92 Å². The standard InChI is InChI=1S/C10H19NO3/c1-8(13)10-7-11-6-9(2-4-12)3-5-14-10/h9-12H,2-7H2,1H3/t9?,10-/m0/s1. The van der Waals surface area contributed by atoms with E-state index in [0.29, 0.717) is 19.1 Å². The molecule has 2 atom stereocenters. The van der Waals surface area contributed by atoms with Crippen LogP contribution in [-0.2, 0) is 9.53 Å². The number of hydrogen-bond acceptors (Lipinski definition) is 4. The SMILES string of the molecule is CC(=O)[C@@H]1CNCC(CCO)CCO1. The highest BCUT2D eigenvalue weighted by Crippen LogP contribution is 2.10. The Hall–Kier alpha value is -0.450. The van der Waals surface area contributed by atoms with Gasteiger partial charge in [-0.15, -0.1) is 0 Å². The molecule has 1 rings (SSSR count). The molecule has 14 heavy (non-hydrogen) atoms. The summed E-state index contributed by atoms with van der Waals surface area (Å²) < 4.78 is 5.43. The molecule has 0 saturated carbocycles. The van der Waals surface area contributed by atoms with Crippen molar-refractivity contribution in [3.05, 3.63) is 0 Å². The lowest BCUT2D eigenvalue weighted by Crippen LogP contribution is -2.39. The molecule has 0 aromatic heterocycles. The van der Waals surface area contributed by atoms with Crippen LogP contribution in [0.1, 0.15) is 19.8 Å². The molecular weight excluding hydrogens is 182 g/mol. The van der Waals surface area contributed by atoms with E-state index in [9.17, 15) is 4.79 Å². The molecule has 1 aliphatic heterocycles. The molecule has 0 aromatic rings. The summed E-state index contributed by atoms with van der Waals surface area (Å²) in [4.78, 5) is 11.1. The Bertz CT molecular complexity index is 174. The summed E-state index contributed by atoms with van der Waals surface area (Å²) in [5.74, 6) is 0.547. The van der Waals surface area contributed by atoms with Crippen molar-refractivity contribution in [1.29, 1.82) is 0 Å². The quantitative estimate of drug-likeness (QED) is 0.672. The largest absolute Gasteiger partial charge is 0.396 e. The molecular formula is C10H19NO3. The number of ether oxygens (including phenoxy) is 1. The Labute approximate surface area is 84.6 Å². The number of aliphatic hydroxyl groups is 1. The van der Waals surface area contributed by atoms with Crippen LogP contribution in [0.5, 0.6) is 0 Å². The van der Waals surface area contributed by atoms with E-state index >= 15 is 0 Å². The van der Waals surface area contributed by atoms with Crippen molar-refractivity contribution in [1.82, 2.24) is 5.32 Å². The molecule has 0 spiro atoms. The van der Waals surface area contributed by atoms with E-state index in [4.69, 9.17) is 9.84 Å². The Kier molecular flexibility index (Phi) is 5.07. The second-order valence-corrected chi connectivity index (χ2v) is 3.80. The van der Waals surface area contributed by atoms with Crippen molar-refractivity contribution in [2.45, 2.75) is 25.9 Å². The first-order valence-electron chi connectivity index (χ1n) is 5.17. The van der Waals surface area contributed by atoms with Gasteiger partial charge in [0.15, 0.2) is 5.78 Å². The lowest BCUT2D eigenvalue weighted by Gasteiger charge is -2.24. The minimum Gasteiger partial charge on any atom is -0.396 e. The van der Waals surface area contributed by atoms with Crippen molar-refractivity contribution in [2.75, 3.05) is 26.3 Å². The summed E-state index contributed by atoms with van der Waals surface area (Å²) in [6, 6.07) is 0. The fourth-order valence-corrected chi connectivity index (χ4v) is 1.65. The van der Waals surface area contributed by atoms with Crippen LogP contribution >= 0.6 is 0 Å². The van der Waals surface area contributed by atoms with Crippen LogP contribution in [0, 0.1) is 5.92 Å². The van der Waals surface area contributed by atoms with Crippen molar-refractivity contribution in [3.8, 4) is 0 Å². The van der Waals surface area contributed by atoms with Crippen molar-refractivity contribution < 1.29 is 14.6 Å². The molecule has 0 aromatic carbocycles. The Morgan fingerprint density at radius 2 is 2.36 bits per heavy atom. The van der Waals surface area contributed by atoms with E-state index < -0.39 is 0 Å². The lowest BCUT2D eigenvalue weighted by atomic mass is 10.0. The van der Waals surface area contributed by atoms with E-state index in [2.05, 4.69) is 5.32 Å². The third kappa shape index (κ3) is 3.74. The molecule has 1 unspecified atom stereocenters. The zero-order chi connectivity index (χ0) is 10.4. The van der Waals surface area contributed by atoms with E-state index in [-0.39, 0.29) is 18.5 Å². The highest BCUT2D eigenvalue weighted by atomic mass is 16.5. The highest BCUT2D eigenvalue weighted by Gasteiger charge is 2.19. The summed E-state index contributed by atoms with van der Waals surface area (Å²) in [6.45, 7) is 3.86. The fraction of sp³-hybridized carbons (Fsp3) is 0.900. The molecule has 82 valence electrons. The molecule has 0 aliphatic carbocycles. The molecule has 1 aliphatic rings. The maximum Gasteiger partial charge on any atom is 0.159 e. The Morgan fingerprint density at radius 3 is 3.00 bits per heavy atom. The second-order valence-electron chi connectivity index (χ2n) is 3.80. The highest BCUT2D eigenvalue weighted by molar-refractivity contribution is 5.80. The van der Waals surface area contributed by atoms with Gasteiger partial charge in [0.2, 0.25) is 0 Å². The Balaban J connectivity index is 2.31. The number of nitrogens with one attached hydrogen (secondary N) is 1. The summed E-state index contributed by atoms with van der Waals surface area (Å²) in [5.41, 5.74) is 0. The normalized spacial score (nSPS) is 29.3. The van der Waals surface area contributed by atoms with Gasteiger partial charge in [-0.25, -0.2) is 0 Å². The maximum atomic E-state index is 11.1. The van der Waals surface area contributed by atoms with E-state index in [1.165, 1.54) is 0 Å². The first kappa shape index (κ1) is 11.6. The van der Waals surface area contributed by atoms with Gasteiger partial charge in [-0.05, 0) is 32.2 Å². The zero-order valence-electron chi connectivity index (χ0n) is 8.66. The average Bonchev–Trinajstić information content (AvgIpc) is 2.08. The van der Waals surface area contributed by atoms with Gasteiger partial charge in [0.1, 0.15) is 6.10 Å². The van der Waals surface area contributed by atoms with Crippen LogP contribution in [0.3, 0.4) is 0 Å². The zero-order valence-corrected chi connectivity index (χ0v) is 8.66. The van der Waals surface area contributed by atoms with Gasteiger partial charge in [-0.1, -0.05) is 0 Å². The van der Waals surface area contributed by atoms with Crippen molar-refractivity contribution in [3.63, 3.8) is 0 Å². The molecule has 0 amide bonds. The first-order chi connectivity index (χ1) is 6.74. The monoisotopic (exact) mass is 201 g/mol. The van der Waals surface area contributed by atoms with Crippen LogP contribution in [0.15, 0.2) is 0 Å². The molecule has 1 fully saturated rings. The summed E-state index contributed by atoms with van der Waals surface area (Å²) in [6.07, 6.45) is 1.43. The average molecular weight is 201 g/mol. The smallest absolute Gasteiger partial charge is 0.159 e. The van der Waals surface area contributed by atoms with Gasteiger partial charge < -0.3 is 15.2 Å². The minimum atomic E-state index is -0.287. The predicted octanol–water partition coefficient (Wildman–Crippen LogP) is -0.0475. The van der Waals surface area contributed by atoms with Crippen LogP contribution in [-0.4, -0.2) is 43.3 Å². The topological polar surface area (TPSA) is 58.6 Å².